The Hall–Kier alpha value is -3.46. The highest BCUT2D eigenvalue weighted by molar-refractivity contribution is 5.84. The van der Waals surface area contributed by atoms with Crippen molar-refractivity contribution in [1.29, 1.82) is 5.41 Å². The first-order valence-electron chi connectivity index (χ1n) is 9.73. The minimum atomic E-state index is -0.412. The van der Waals surface area contributed by atoms with E-state index in [4.69, 9.17) is 5.41 Å². The predicted molar refractivity (Wildman–Crippen MR) is 123 cm³/mol. The number of amidine groups is 1. The maximum Gasteiger partial charge on any atom is 0.151 e. The van der Waals surface area contributed by atoms with Gasteiger partial charge >= 0.3 is 0 Å². The molecular formula is C26H27N3. The summed E-state index contributed by atoms with van der Waals surface area (Å²) in [7, 11) is 0. The summed E-state index contributed by atoms with van der Waals surface area (Å²) in [5.74, 6) is 0.579. The number of hydrogen-bond donors (Lipinski definition) is 1. The van der Waals surface area contributed by atoms with Gasteiger partial charge in [-0.3, -0.25) is 10.4 Å². The average molecular weight is 382 g/mol. The first-order valence-corrected chi connectivity index (χ1v) is 9.73. The van der Waals surface area contributed by atoms with Crippen molar-refractivity contribution < 1.29 is 0 Å². The molecule has 0 saturated carbocycles. The van der Waals surface area contributed by atoms with Crippen molar-refractivity contribution in [2.75, 3.05) is 0 Å². The zero-order valence-electron chi connectivity index (χ0n) is 16.6. The van der Waals surface area contributed by atoms with Gasteiger partial charge in [0.05, 0.1) is 0 Å². The summed E-state index contributed by atoms with van der Waals surface area (Å²) in [6.45, 7) is 12.2. The van der Waals surface area contributed by atoms with Gasteiger partial charge in [0.15, 0.2) is 6.17 Å². The molecule has 0 spiro atoms. The summed E-state index contributed by atoms with van der Waals surface area (Å²) < 4.78 is 0. The Morgan fingerprint density at radius 1 is 1.03 bits per heavy atom. The fourth-order valence-corrected chi connectivity index (χ4v) is 3.66. The lowest BCUT2D eigenvalue weighted by Gasteiger charge is -2.37. The van der Waals surface area contributed by atoms with Crippen LogP contribution in [-0.4, -0.2) is 17.5 Å². The molecule has 0 bridgehead atoms. The van der Waals surface area contributed by atoms with Crippen molar-refractivity contribution in [3.63, 3.8) is 0 Å². The van der Waals surface area contributed by atoms with Crippen LogP contribution in [0.25, 0.3) is 0 Å². The van der Waals surface area contributed by atoms with Crippen molar-refractivity contribution in [3.8, 4) is 0 Å². The van der Waals surface area contributed by atoms with Crippen LogP contribution in [0, 0.1) is 17.2 Å². The second-order valence-electron chi connectivity index (χ2n) is 7.05. The van der Waals surface area contributed by atoms with Crippen molar-refractivity contribution in [1.82, 2.24) is 4.90 Å². The fraction of sp³-hybridized carbons (Fsp3) is 0.154. The fourth-order valence-electron chi connectivity index (χ4n) is 3.66. The number of hydrogen-bond acceptors (Lipinski definition) is 2. The second-order valence-corrected chi connectivity index (χ2v) is 7.05. The monoisotopic (exact) mass is 381 g/mol. The Bertz CT molecular complexity index is 925. The molecule has 2 aromatic carbocycles. The van der Waals surface area contributed by atoms with E-state index in [9.17, 15) is 0 Å². The van der Waals surface area contributed by atoms with Gasteiger partial charge in [-0.25, -0.2) is 0 Å². The summed E-state index contributed by atoms with van der Waals surface area (Å²) in [6.07, 6.45) is 10.3. The topological polar surface area (TPSA) is 39.5 Å². The molecule has 1 aliphatic carbocycles. The van der Waals surface area contributed by atoms with Gasteiger partial charge in [0.1, 0.15) is 5.84 Å². The molecule has 3 heteroatoms. The largest absolute Gasteiger partial charge is 0.307 e. The van der Waals surface area contributed by atoms with E-state index in [0.717, 1.165) is 16.8 Å². The lowest BCUT2D eigenvalue weighted by atomic mass is 9.85. The van der Waals surface area contributed by atoms with E-state index in [1.54, 1.807) is 0 Å². The van der Waals surface area contributed by atoms with Crippen LogP contribution >= 0.6 is 0 Å². The Balaban J connectivity index is 1.98. The molecule has 3 rings (SSSR count). The number of allylic oxidation sites excluding steroid dienone is 5. The van der Waals surface area contributed by atoms with Crippen LogP contribution in [0.3, 0.4) is 0 Å². The summed E-state index contributed by atoms with van der Waals surface area (Å²) in [6, 6.07) is 20.0. The Labute approximate surface area is 173 Å². The highest BCUT2D eigenvalue weighted by Gasteiger charge is 2.30. The van der Waals surface area contributed by atoms with Crippen molar-refractivity contribution in [3.05, 3.63) is 121 Å². The summed E-state index contributed by atoms with van der Waals surface area (Å²) in [5, 5.41) is 8.95. The van der Waals surface area contributed by atoms with Crippen LogP contribution in [0.5, 0.6) is 0 Å². The minimum absolute atomic E-state index is 0.0154. The van der Waals surface area contributed by atoms with Gasteiger partial charge in [-0.1, -0.05) is 97.6 Å². The maximum atomic E-state index is 8.95. The number of rotatable bonds is 8. The van der Waals surface area contributed by atoms with Crippen LogP contribution in [0.2, 0.25) is 0 Å². The Morgan fingerprint density at radius 2 is 1.66 bits per heavy atom. The highest BCUT2D eigenvalue weighted by Crippen LogP contribution is 2.35. The molecule has 0 radical (unpaired) electrons. The molecule has 29 heavy (non-hydrogen) atoms. The first-order chi connectivity index (χ1) is 14.2. The van der Waals surface area contributed by atoms with E-state index in [0.29, 0.717) is 12.3 Å². The molecule has 1 aliphatic rings. The third kappa shape index (κ3) is 4.69. The molecule has 0 aliphatic heterocycles. The van der Waals surface area contributed by atoms with E-state index >= 15 is 0 Å². The van der Waals surface area contributed by atoms with Gasteiger partial charge in [-0.15, -0.1) is 6.58 Å². The Kier molecular flexibility index (Phi) is 6.75. The van der Waals surface area contributed by atoms with Crippen LogP contribution in [0.4, 0.5) is 0 Å². The van der Waals surface area contributed by atoms with Gasteiger partial charge in [0, 0.05) is 24.0 Å². The lowest BCUT2D eigenvalue weighted by molar-refractivity contribution is 0.347. The molecule has 146 valence electrons. The molecule has 0 aromatic heterocycles. The molecule has 2 aromatic rings. The number of nitrogens with one attached hydrogen (secondary N) is 1. The van der Waals surface area contributed by atoms with Gasteiger partial charge in [-0.2, -0.15) is 0 Å². The third-order valence-electron chi connectivity index (χ3n) is 5.16. The van der Waals surface area contributed by atoms with E-state index in [-0.39, 0.29) is 11.8 Å². The number of benzene rings is 2. The molecule has 1 N–H and O–H groups in total. The standard InChI is InChI=1S/C26H27N3/c1-4-22-15-11-12-18-24(22)20(2)29(25(27)19-21-13-7-5-8-14-21)26(28-3)23-16-9-6-10-17-23/h4-18,22,24,26-27H,1-3,19H2. The highest BCUT2D eigenvalue weighted by atomic mass is 15.3. The van der Waals surface area contributed by atoms with Gasteiger partial charge in [0.25, 0.3) is 0 Å². The van der Waals surface area contributed by atoms with Crippen LogP contribution in [0.1, 0.15) is 17.3 Å². The zero-order chi connectivity index (χ0) is 20.6. The van der Waals surface area contributed by atoms with Gasteiger partial charge in [0.2, 0.25) is 0 Å². The van der Waals surface area contributed by atoms with Crippen molar-refractivity contribution in [2.45, 2.75) is 12.6 Å². The molecular weight excluding hydrogens is 354 g/mol. The number of aliphatic imine (C=N–C) groups is 1. The van der Waals surface area contributed by atoms with E-state index in [1.807, 2.05) is 83.8 Å². The molecule has 0 saturated heterocycles. The molecule has 0 fully saturated rings. The number of nitrogens with zero attached hydrogens (tertiary/aromatic N) is 2. The summed E-state index contributed by atoms with van der Waals surface area (Å²) in [5.41, 5.74) is 2.87. The normalized spacial score (nSPS) is 18.6. The average Bonchev–Trinajstić information content (AvgIpc) is 2.78. The molecule has 0 heterocycles. The smallest absolute Gasteiger partial charge is 0.151 e. The van der Waals surface area contributed by atoms with E-state index < -0.39 is 6.17 Å². The van der Waals surface area contributed by atoms with Crippen LogP contribution in [-0.2, 0) is 6.42 Å². The lowest BCUT2D eigenvalue weighted by Crippen LogP contribution is -2.37. The van der Waals surface area contributed by atoms with Crippen molar-refractivity contribution >= 4 is 12.6 Å². The molecule has 3 nitrogen and oxygen atoms in total. The second kappa shape index (κ2) is 9.65. The zero-order valence-corrected chi connectivity index (χ0v) is 16.6. The quantitative estimate of drug-likeness (QED) is 0.342. The molecule has 3 unspecified atom stereocenters. The predicted octanol–water partition coefficient (Wildman–Crippen LogP) is 5.97. The maximum absolute atomic E-state index is 8.95. The molecule has 3 atom stereocenters. The van der Waals surface area contributed by atoms with Crippen LogP contribution < -0.4 is 0 Å². The van der Waals surface area contributed by atoms with E-state index in [2.05, 4.69) is 37.0 Å². The Morgan fingerprint density at radius 3 is 2.28 bits per heavy atom. The van der Waals surface area contributed by atoms with Gasteiger partial charge < -0.3 is 4.90 Å². The van der Waals surface area contributed by atoms with Crippen molar-refractivity contribution in [2.24, 2.45) is 16.8 Å². The first kappa shape index (κ1) is 20.3. The minimum Gasteiger partial charge on any atom is -0.307 e. The summed E-state index contributed by atoms with van der Waals surface area (Å²) in [4.78, 5) is 6.31. The third-order valence-corrected chi connectivity index (χ3v) is 5.16. The van der Waals surface area contributed by atoms with Gasteiger partial charge in [-0.05, 0) is 17.8 Å². The summed E-state index contributed by atoms with van der Waals surface area (Å²) >= 11 is 0. The van der Waals surface area contributed by atoms with E-state index in [1.165, 1.54) is 0 Å². The SMILES string of the molecule is C=CC1C=CC=CC1C(=C)N(C(=N)Cc1ccccc1)C(N=C)c1ccccc1. The molecule has 0 amide bonds. The van der Waals surface area contributed by atoms with Crippen LogP contribution in [0.15, 0.2) is 115 Å².